The maximum Gasteiger partial charge on any atom is 0.243 e. The van der Waals surface area contributed by atoms with E-state index in [-0.39, 0.29) is 24.9 Å². The quantitative estimate of drug-likeness (QED) is 0.679. The molecule has 1 aliphatic heterocycles. The van der Waals surface area contributed by atoms with Gasteiger partial charge in [-0.05, 0) is 43.0 Å². The SMILES string of the molecule is NCC(=O)NCC(=O)Nc1ccc(OCC2CCOCC2)cc1. The van der Waals surface area contributed by atoms with Crippen molar-refractivity contribution in [2.45, 2.75) is 12.8 Å². The van der Waals surface area contributed by atoms with Crippen LogP contribution in [0.25, 0.3) is 0 Å². The van der Waals surface area contributed by atoms with E-state index in [1.54, 1.807) is 12.1 Å². The standard InChI is InChI=1S/C16H23N3O4/c17-9-15(20)18-10-16(21)19-13-1-3-14(4-2-13)23-11-12-5-7-22-8-6-12/h1-4,12H,5-11,17H2,(H,18,20)(H,19,21). The van der Waals surface area contributed by atoms with Gasteiger partial charge in [0.2, 0.25) is 11.8 Å². The second-order valence-corrected chi connectivity index (χ2v) is 5.42. The van der Waals surface area contributed by atoms with Gasteiger partial charge in [0, 0.05) is 18.9 Å². The fraction of sp³-hybridized carbons (Fsp3) is 0.500. The van der Waals surface area contributed by atoms with Gasteiger partial charge in [-0.3, -0.25) is 9.59 Å². The van der Waals surface area contributed by atoms with Crippen LogP contribution < -0.4 is 21.1 Å². The Labute approximate surface area is 135 Å². The lowest BCUT2D eigenvalue weighted by atomic mass is 10.0. The van der Waals surface area contributed by atoms with Crippen LogP contribution in [0.1, 0.15) is 12.8 Å². The summed E-state index contributed by atoms with van der Waals surface area (Å²) >= 11 is 0. The summed E-state index contributed by atoms with van der Waals surface area (Å²) in [6.07, 6.45) is 2.06. The molecule has 7 heteroatoms. The molecule has 1 aromatic carbocycles. The highest BCUT2D eigenvalue weighted by Gasteiger charge is 2.14. The van der Waals surface area contributed by atoms with Gasteiger partial charge in [-0.2, -0.15) is 0 Å². The van der Waals surface area contributed by atoms with Crippen LogP contribution in [0.3, 0.4) is 0 Å². The summed E-state index contributed by atoms with van der Waals surface area (Å²) in [6.45, 7) is 2.06. The maximum atomic E-state index is 11.6. The molecule has 0 aromatic heterocycles. The normalized spacial score (nSPS) is 15.0. The van der Waals surface area contributed by atoms with Crippen molar-refractivity contribution in [2.75, 3.05) is 38.2 Å². The van der Waals surface area contributed by atoms with E-state index >= 15 is 0 Å². The molecular formula is C16H23N3O4. The number of nitrogens with two attached hydrogens (primary N) is 1. The number of hydrogen-bond donors (Lipinski definition) is 3. The average molecular weight is 321 g/mol. The van der Waals surface area contributed by atoms with Crippen LogP contribution >= 0.6 is 0 Å². The van der Waals surface area contributed by atoms with E-state index in [1.807, 2.05) is 12.1 Å². The second kappa shape index (κ2) is 9.12. The van der Waals surface area contributed by atoms with Crippen molar-refractivity contribution >= 4 is 17.5 Å². The number of nitrogens with one attached hydrogen (secondary N) is 2. The van der Waals surface area contributed by atoms with Crippen molar-refractivity contribution < 1.29 is 19.1 Å². The second-order valence-electron chi connectivity index (χ2n) is 5.42. The lowest BCUT2D eigenvalue weighted by Gasteiger charge is -2.22. The van der Waals surface area contributed by atoms with Gasteiger partial charge < -0.3 is 25.8 Å². The molecule has 7 nitrogen and oxygen atoms in total. The highest BCUT2D eigenvalue weighted by Crippen LogP contribution is 2.19. The first kappa shape index (κ1) is 17.2. The molecule has 126 valence electrons. The molecule has 0 radical (unpaired) electrons. The predicted octanol–water partition coefficient (Wildman–Crippen LogP) is 0.505. The first-order valence-electron chi connectivity index (χ1n) is 7.74. The van der Waals surface area contributed by atoms with Gasteiger partial charge in [-0.1, -0.05) is 0 Å². The molecule has 1 fully saturated rings. The summed E-state index contributed by atoms with van der Waals surface area (Å²) in [5.74, 6) is 0.639. The summed E-state index contributed by atoms with van der Waals surface area (Å²) in [6, 6.07) is 7.16. The van der Waals surface area contributed by atoms with Crippen molar-refractivity contribution in [2.24, 2.45) is 11.7 Å². The summed E-state index contributed by atoms with van der Waals surface area (Å²) in [4.78, 5) is 22.6. The molecule has 0 saturated carbocycles. The van der Waals surface area contributed by atoms with E-state index in [0.29, 0.717) is 18.2 Å². The number of anilines is 1. The Morgan fingerprint density at radius 2 is 1.87 bits per heavy atom. The van der Waals surface area contributed by atoms with Gasteiger partial charge in [0.1, 0.15) is 5.75 Å². The first-order valence-corrected chi connectivity index (χ1v) is 7.74. The van der Waals surface area contributed by atoms with Crippen molar-refractivity contribution in [1.82, 2.24) is 5.32 Å². The predicted molar refractivity (Wildman–Crippen MR) is 86.2 cm³/mol. The number of carbonyl (C=O) groups excluding carboxylic acids is 2. The third-order valence-electron chi connectivity index (χ3n) is 3.60. The molecule has 4 N–H and O–H groups in total. The fourth-order valence-electron chi connectivity index (χ4n) is 2.22. The van der Waals surface area contributed by atoms with Crippen LogP contribution in [0.2, 0.25) is 0 Å². The van der Waals surface area contributed by atoms with E-state index in [1.165, 1.54) is 0 Å². The van der Waals surface area contributed by atoms with E-state index < -0.39 is 0 Å². The highest BCUT2D eigenvalue weighted by molar-refractivity contribution is 5.94. The summed E-state index contributed by atoms with van der Waals surface area (Å²) < 4.78 is 11.1. The Balaban J connectivity index is 1.73. The molecule has 0 atom stereocenters. The smallest absolute Gasteiger partial charge is 0.243 e. The van der Waals surface area contributed by atoms with Crippen LogP contribution in [0, 0.1) is 5.92 Å². The molecule has 1 heterocycles. The molecule has 0 unspecified atom stereocenters. The van der Waals surface area contributed by atoms with Crippen molar-refractivity contribution in [3.05, 3.63) is 24.3 Å². The fourth-order valence-corrected chi connectivity index (χ4v) is 2.22. The van der Waals surface area contributed by atoms with Crippen molar-refractivity contribution in [3.63, 3.8) is 0 Å². The minimum Gasteiger partial charge on any atom is -0.493 e. The average Bonchev–Trinajstić information content (AvgIpc) is 2.60. The summed E-state index contributed by atoms with van der Waals surface area (Å²) in [5, 5.41) is 5.10. The molecule has 2 rings (SSSR count). The molecule has 0 spiro atoms. The Kier molecular flexibility index (Phi) is 6.83. The Bertz CT molecular complexity index is 513. The van der Waals surface area contributed by atoms with E-state index in [2.05, 4.69) is 10.6 Å². The number of rotatable bonds is 7. The summed E-state index contributed by atoms with van der Waals surface area (Å²) in [5.41, 5.74) is 5.79. The molecule has 0 aliphatic carbocycles. The zero-order valence-electron chi connectivity index (χ0n) is 13.0. The Morgan fingerprint density at radius 3 is 2.52 bits per heavy atom. The Morgan fingerprint density at radius 1 is 1.17 bits per heavy atom. The molecule has 23 heavy (non-hydrogen) atoms. The topological polar surface area (TPSA) is 103 Å². The lowest BCUT2D eigenvalue weighted by Crippen LogP contribution is -2.36. The van der Waals surface area contributed by atoms with Crippen LogP contribution in [-0.4, -0.2) is 44.7 Å². The zero-order chi connectivity index (χ0) is 16.5. The van der Waals surface area contributed by atoms with Gasteiger partial charge in [-0.25, -0.2) is 0 Å². The van der Waals surface area contributed by atoms with Gasteiger partial charge >= 0.3 is 0 Å². The highest BCUT2D eigenvalue weighted by atomic mass is 16.5. The summed E-state index contributed by atoms with van der Waals surface area (Å²) in [7, 11) is 0. The first-order chi connectivity index (χ1) is 11.2. The Hall–Kier alpha value is -2.12. The van der Waals surface area contributed by atoms with Crippen LogP contribution in [0.15, 0.2) is 24.3 Å². The number of ether oxygens (including phenoxy) is 2. The van der Waals surface area contributed by atoms with Crippen molar-refractivity contribution in [1.29, 1.82) is 0 Å². The third kappa shape index (κ3) is 6.25. The minimum absolute atomic E-state index is 0.0992. The van der Waals surface area contributed by atoms with Gasteiger partial charge in [0.05, 0.1) is 19.7 Å². The van der Waals surface area contributed by atoms with E-state index in [4.69, 9.17) is 15.2 Å². The van der Waals surface area contributed by atoms with Crippen molar-refractivity contribution in [3.8, 4) is 5.75 Å². The van der Waals surface area contributed by atoms with Gasteiger partial charge in [0.25, 0.3) is 0 Å². The van der Waals surface area contributed by atoms with Gasteiger partial charge in [0.15, 0.2) is 0 Å². The number of hydrogen-bond acceptors (Lipinski definition) is 5. The molecular weight excluding hydrogens is 298 g/mol. The number of carbonyl (C=O) groups is 2. The number of benzene rings is 1. The molecule has 0 bridgehead atoms. The van der Waals surface area contributed by atoms with Gasteiger partial charge in [-0.15, -0.1) is 0 Å². The maximum absolute atomic E-state index is 11.6. The lowest BCUT2D eigenvalue weighted by molar-refractivity contribution is -0.123. The molecule has 1 saturated heterocycles. The van der Waals surface area contributed by atoms with Crippen LogP contribution in [0.4, 0.5) is 5.69 Å². The van der Waals surface area contributed by atoms with Crippen LogP contribution in [-0.2, 0) is 14.3 Å². The molecule has 1 aliphatic rings. The monoisotopic (exact) mass is 321 g/mol. The van der Waals surface area contributed by atoms with Crippen LogP contribution in [0.5, 0.6) is 5.75 Å². The van der Waals surface area contributed by atoms with E-state index in [0.717, 1.165) is 31.8 Å². The third-order valence-corrected chi connectivity index (χ3v) is 3.60. The molecule has 2 amide bonds. The van der Waals surface area contributed by atoms with E-state index in [9.17, 15) is 9.59 Å². The molecule has 1 aromatic rings. The largest absolute Gasteiger partial charge is 0.493 e. The minimum atomic E-state index is -0.364. The number of amides is 2. The zero-order valence-corrected chi connectivity index (χ0v) is 13.0.